The summed E-state index contributed by atoms with van der Waals surface area (Å²) in [6.45, 7) is 8.08. The third-order valence-corrected chi connectivity index (χ3v) is 8.26. The van der Waals surface area contributed by atoms with Gasteiger partial charge < -0.3 is 15.5 Å². The SMILES string of the molecule is CC1(C)CC1C(=O)N1CC2(CNCC2c2ccc(NC(=O)C3CCCCC3)cc2)C1. The molecule has 2 heterocycles. The number of nitrogens with one attached hydrogen (secondary N) is 2. The Labute approximate surface area is 180 Å². The van der Waals surface area contributed by atoms with Crippen LogP contribution in [0.1, 0.15) is 63.9 Å². The zero-order valence-corrected chi connectivity index (χ0v) is 18.4. The molecular formula is C25H35N3O2. The van der Waals surface area contributed by atoms with Crippen LogP contribution in [0.3, 0.4) is 0 Å². The first kappa shape index (κ1) is 20.0. The van der Waals surface area contributed by atoms with E-state index in [4.69, 9.17) is 0 Å². The molecular weight excluding hydrogens is 374 g/mol. The fraction of sp³-hybridized carbons (Fsp3) is 0.680. The minimum absolute atomic E-state index is 0.168. The van der Waals surface area contributed by atoms with Crippen LogP contribution in [-0.4, -0.2) is 42.9 Å². The highest BCUT2D eigenvalue weighted by molar-refractivity contribution is 5.92. The summed E-state index contributed by atoms with van der Waals surface area (Å²) in [5.41, 5.74) is 2.58. The highest BCUT2D eigenvalue weighted by Crippen LogP contribution is 2.55. The van der Waals surface area contributed by atoms with E-state index in [2.05, 4.69) is 53.6 Å². The van der Waals surface area contributed by atoms with Gasteiger partial charge in [-0.2, -0.15) is 0 Å². The van der Waals surface area contributed by atoms with Gasteiger partial charge in [-0.05, 0) is 42.4 Å². The number of nitrogens with zero attached hydrogens (tertiary/aromatic N) is 1. The molecule has 0 aromatic heterocycles. The molecule has 1 aromatic rings. The van der Waals surface area contributed by atoms with Crippen LogP contribution in [0.15, 0.2) is 24.3 Å². The highest BCUT2D eigenvalue weighted by atomic mass is 16.2. The van der Waals surface area contributed by atoms with Gasteiger partial charge in [-0.15, -0.1) is 0 Å². The van der Waals surface area contributed by atoms with Crippen molar-refractivity contribution in [3.8, 4) is 0 Å². The number of amides is 2. The zero-order chi connectivity index (χ0) is 20.9. The van der Waals surface area contributed by atoms with Crippen LogP contribution in [0.5, 0.6) is 0 Å². The standard InChI is InChI=1S/C25H35N3O2/c1-24(2)12-20(24)23(30)28-15-25(16-28)14-26-13-21(25)17-8-10-19(11-9-17)27-22(29)18-6-4-3-5-7-18/h8-11,18,20-21,26H,3-7,12-16H2,1-2H3,(H,27,29). The van der Waals surface area contributed by atoms with Gasteiger partial charge in [0, 0.05) is 55.0 Å². The summed E-state index contributed by atoms with van der Waals surface area (Å²) in [7, 11) is 0. The van der Waals surface area contributed by atoms with Crippen molar-refractivity contribution in [3.63, 3.8) is 0 Å². The molecule has 5 nitrogen and oxygen atoms in total. The number of rotatable bonds is 4. The van der Waals surface area contributed by atoms with Crippen molar-refractivity contribution in [2.24, 2.45) is 22.7 Å². The molecule has 5 rings (SSSR count). The van der Waals surface area contributed by atoms with Crippen molar-refractivity contribution in [2.75, 3.05) is 31.5 Å². The molecule has 2 saturated heterocycles. The van der Waals surface area contributed by atoms with Gasteiger partial charge in [-0.25, -0.2) is 0 Å². The Morgan fingerprint density at radius 3 is 2.37 bits per heavy atom. The van der Waals surface area contributed by atoms with Gasteiger partial charge in [-0.1, -0.05) is 45.2 Å². The van der Waals surface area contributed by atoms with Gasteiger partial charge in [0.05, 0.1) is 0 Å². The molecule has 0 bridgehead atoms. The van der Waals surface area contributed by atoms with Crippen LogP contribution < -0.4 is 10.6 Å². The lowest BCUT2D eigenvalue weighted by Gasteiger charge is -2.51. The van der Waals surface area contributed by atoms with Gasteiger partial charge in [0.1, 0.15) is 0 Å². The molecule has 4 aliphatic rings. The molecule has 2 unspecified atom stereocenters. The maximum Gasteiger partial charge on any atom is 0.227 e. The number of likely N-dealkylation sites (tertiary alicyclic amines) is 1. The normalized spacial score (nSPS) is 29.5. The summed E-state index contributed by atoms with van der Waals surface area (Å²) in [5.74, 6) is 1.37. The lowest BCUT2D eigenvalue weighted by atomic mass is 9.68. The van der Waals surface area contributed by atoms with Crippen LogP contribution in [0.25, 0.3) is 0 Å². The zero-order valence-electron chi connectivity index (χ0n) is 18.4. The van der Waals surface area contributed by atoms with Gasteiger partial charge in [-0.3, -0.25) is 9.59 Å². The Hall–Kier alpha value is -1.88. The number of carbonyl (C=O) groups is 2. The van der Waals surface area contributed by atoms with E-state index in [0.717, 1.165) is 51.1 Å². The van der Waals surface area contributed by atoms with E-state index >= 15 is 0 Å². The van der Waals surface area contributed by atoms with Gasteiger partial charge in [0.15, 0.2) is 0 Å². The molecule has 4 fully saturated rings. The Balaban J connectivity index is 1.20. The maximum absolute atomic E-state index is 12.7. The predicted octanol–water partition coefficient (Wildman–Crippen LogP) is 3.77. The average molecular weight is 410 g/mol. The largest absolute Gasteiger partial charge is 0.341 e. The van der Waals surface area contributed by atoms with Crippen LogP contribution >= 0.6 is 0 Å². The molecule has 1 aromatic carbocycles. The van der Waals surface area contributed by atoms with Gasteiger partial charge in [0.25, 0.3) is 0 Å². The molecule has 2 atom stereocenters. The second-order valence-electron chi connectivity index (χ2n) is 10.9. The van der Waals surface area contributed by atoms with Crippen molar-refractivity contribution in [1.29, 1.82) is 0 Å². The molecule has 2 saturated carbocycles. The number of carbonyl (C=O) groups excluding carboxylic acids is 2. The van der Waals surface area contributed by atoms with E-state index in [-0.39, 0.29) is 28.6 Å². The van der Waals surface area contributed by atoms with E-state index < -0.39 is 0 Å². The molecule has 162 valence electrons. The van der Waals surface area contributed by atoms with Gasteiger partial charge in [0.2, 0.25) is 11.8 Å². The Kier molecular flexibility index (Phi) is 4.92. The number of hydrogen-bond donors (Lipinski definition) is 2. The predicted molar refractivity (Wildman–Crippen MR) is 118 cm³/mol. The first-order chi connectivity index (χ1) is 14.4. The summed E-state index contributed by atoms with van der Waals surface area (Å²) < 4.78 is 0. The van der Waals surface area contributed by atoms with Crippen LogP contribution in [0.2, 0.25) is 0 Å². The van der Waals surface area contributed by atoms with Crippen molar-refractivity contribution >= 4 is 17.5 Å². The van der Waals surface area contributed by atoms with E-state index in [9.17, 15) is 9.59 Å². The minimum Gasteiger partial charge on any atom is -0.341 e. The van der Waals surface area contributed by atoms with Crippen molar-refractivity contribution in [3.05, 3.63) is 29.8 Å². The quantitative estimate of drug-likeness (QED) is 0.796. The fourth-order valence-electron chi connectivity index (χ4n) is 6.00. The third kappa shape index (κ3) is 3.55. The second kappa shape index (κ2) is 7.37. The number of benzene rings is 1. The fourth-order valence-corrected chi connectivity index (χ4v) is 6.00. The lowest BCUT2D eigenvalue weighted by molar-refractivity contribution is -0.145. The minimum atomic E-state index is 0.168. The van der Waals surface area contributed by atoms with Crippen LogP contribution in [0.4, 0.5) is 5.69 Å². The monoisotopic (exact) mass is 409 g/mol. The molecule has 0 radical (unpaired) electrons. The Bertz CT molecular complexity index is 819. The number of hydrogen-bond acceptors (Lipinski definition) is 3. The summed E-state index contributed by atoms with van der Waals surface area (Å²) in [6, 6.07) is 8.45. The van der Waals surface area contributed by atoms with E-state index in [1.54, 1.807) is 0 Å². The van der Waals surface area contributed by atoms with Crippen molar-refractivity contribution in [1.82, 2.24) is 10.2 Å². The average Bonchev–Trinajstić information content (AvgIpc) is 3.15. The molecule has 2 amide bonds. The molecule has 5 heteroatoms. The molecule has 1 spiro atoms. The first-order valence-electron chi connectivity index (χ1n) is 11.8. The maximum atomic E-state index is 12.7. The smallest absolute Gasteiger partial charge is 0.227 e. The molecule has 30 heavy (non-hydrogen) atoms. The Morgan fingerprint density at radius 2 is 1.73 bits per heavy atom. The summed E-state index contributed by atoms with van der Waals surface area (Å²) in [4.78, 5) is 27.3. The van der Waals surface area contributed by atoms with E-state index in [1.165, 1.54) is 24.8 Å². The molecule has 2 N–H and O–H groups in total. The summed E-state index contributed by atoms with van der Waals surface area (Å²) in [5, 5.41) is 6.69. The lowest BCUT2D eigenvalue weighted by Crippen LogP contribution is -2.62. The van der Waals surface area contributed by atoms with Crippen LogP contribution in [0, 0.1) is 22.7 Å². The van der Waals surface area contributed by atoms with E-state index in [1.807, 2.05) is 0 Å². The highest BCUT2D eigenvalue weighted by Gasteiger charge is 2.58. The topological polar surface area (TPSA) is 61.4 Å². The van der Waals surface area contributed by atoms with Crippen molar-refractivity contribution < 1.29 is 9.59 Å². The first-order valence-corrected chi connectivity index (χ1v) is 11.8. The summed E-state index contributed by atoms with van der Waals surface area (Å²) >= 11 is 0. The molecule has 2 aliphatic heterocycles. The third-order valence-electron chi connectivity index (χ3n) is 8.26. The van der Waals surface area contributed by atoms with Crippen LogP contribution in [-0.2, 0) is 9.59 Å². The molecule has 2 aliphatic carbocycles. The van der Waals surface area contributed by atoms with Crippen molar-refractivity contribution in [2.45, 2.75) is 58.3 Å². The Morgan fingerprint density at radius 1 is 1.07 bits per heavy atom. The van der Waals surface area contributed by atoms with E-state index in [0.29, 0.717) is 11.8 Å². The van der Waals surface area contributed by atoms with Gasteiger partial charge >= 0.3 is 0 Å². The second-order valence-corrected chi connectivity index (χ2v) is 10.9. The summed E-state index contributed by atoms with van der Waals surface area (Å²) in [6.07, 6.45) is 6.68. The number of anilines is 1.